The van der Waals surface area contributed by atoms with E-state index in [1.54, 1.807) is 12.1 Å². The van der Waals surface area contributed by atoms with Gasteiger partial charge in [0, 0.05) is 5.75 Å². The molecular weight excluding hydrogens is 416 g/mol. The maximum atomic E-state index is 10.4. The van der Waals surface area contributed by atoms with Gasteiger partial charge in [-0.2, -0.15) is 12.6 Å². The van der Waals surface area contributed by atoms with Crippen molar-refractivity contribution in [3.63, 3.8) is 0 Å². The quantitative estimate of drug-likeness (QED) is 0.159. The minimum Gasteiger partial charge on any atom is -0.508 e. The lowest BCUT2D eigenvalue weighted by Gasteiger charge is -2.05. The first-order chi connectivity index (χ1) is 14.0. The first kappa shape index (κ1) is 29.8. The van der Waals surface area contributed by atoms with Gasteiger partial charge in [-0.05, 0) is 43.5 Å². The van der Waals surface area contributed by atoms with E-state index in [-0.39, 0.29) is 17.9 Å². The fourth-order valence-corrected chi connectivity index (χ4v) is 1.84. The fraction of sp³-hybridized carbons (Fsp3) is 0.500. The summed E-state index contributed by atoms with van der Waals surface area (Å²) in [6.45, 7) is 0.604. The molecule has 0 unspecified atom stereocenters. The van der Waals surface area contributed by atoms with Gasteiger partial charge in [-0.25, -0.2) is 0 Å². The van der Waals surface area contributed by atoms with Crippen molar-refractivity contribution in [3.05, 3.63) is 29.8 Å². The molecule has 0 saturated heterocycles. The molecule has 0 radical (unpaired) electrons. The number of carbonyl (C=O) groups is 3. The van der Waals surface area contributed by atoms with Gasteiger partial charge in [0.15, 0.2) is 0 Å². The zero-order valence-corrected chi connectivity index (χ0v) is 17.4. The summed E-state index contributed by atoms with van der Waals surface area (Å²) < 4.78 is 0. The lowest BCUT2D eigenvalue weighted by molar-refractivity contribution is -0.139. The van der Waals surface area contributed by atoms with Crippen LogP contribution in [0.2, 0.25) is 0 Å². The number of hydrogen-bond acceptors (Lipinski definition) is 9. The van der Waals surface area contributed by atoms with Gasteiger partial charge in [0.25, 0.3) is 0 Å². The maximum absolute atomic E-state index is 10.4. The molecule has 0 bridgehead atoms. The van der Waals surface area contributed by atoms with E-state index >= 15 is 0 Å². The minimum absolute atomic E-state index is 0.160. The molecule has 172 valence electrons. The second kappa shape index (κ2) is 17.5. The molecular formula is C18H32N4O7S. The Morgan fingerprint density at radius 1 is 0.833 bits per heavy atom. The number of phenols is 1. The van der Waals surface area contributed by atoms with Crippen molar-refractivity contribution >= 4 is 30.5 Å². The second-order valence-electron chi connectivity index (χ2n) is 6.17. The first-order valence-electron chi connectivity index (χ1n) is 9.00. The van der Waals surface area contributed by atoms with Gasteiger partial charge in [-0.1, -0.05) is 18.6 Å². The fourth-order valence-electron chi connectivity index (χ4n) is 1.68. The number of hydrogen-bond donors (Lipinski definition) is 9. The van der Waals surface area contributed by atoms with E-state index in [9.17, 15) is 14.4 Å². The molecule has 12 N–H and O–H groups in total. The van der Waals surface area contributed by atoms with E-state index < -0.39 is 36.0 Å². The van der Waals surface area contributed by atoms with Crippen molar-refractivity contribution in [2.45, 2.75) is 43.8 Å². The van der Waals surface area contributed by atoms with Gasteiger partial charge in [-0.3, -0.25) is 14.4 Å². The number of aromatic hydroxyl groups is 1. The average molecular weight is 449 g/mol. The molecule has 1 aromatic carbocycles. The Bertz CT molecular complexity index is 631. The molecule has 11 nitrogen and oxygen atoms in total. The number of phenolic OH excluding ortho intramolecular Hbond substituents is 1. The number of carboxylic acids is 3. The molecule has 30 heavy (non-hydrogen) atoms. The van der Waals surface area contributed by atoms with Crippen molar-refractivity contribution in [2.24, 2.45) is 22.9 Å². The van der Waals surface area contributed by atoms with Crippen LogP contribution in [0.1, 0.15) is 24.8 Å². The van der Waals surface area contributed by atoms with Gasteiger partial charge in [-0.15, -0.1) is 0 Å². The molecule has 1 rings (SSSR count). The second-order valence-corrected chi connectivity index (χ2v) is 6.54. The van der Waals surface area contributed by atoms with Crippen molar-refractivity contribution in [1.82, 2.24) is 0 Å². The Labute approximate surface area is 180 Å². The SMILES string of the molecule is NCCCC[C@H](N)C(=O)O.N[C@@H](CS)C(=O)O.N[C@@H](Cc1ccc(O)cc1)C(=O)O. The topological polar surface area (TPSA) is 236 Å². The Morgan fingerprint density at radius 3 is 1.63 bits per heavy atom. The van der Waals surface area contributed by atoms with E-state index in [0.29, 0.717) is 13.0 Å². The van der Waals surface area contributed by atoms with Crippen molar-refractivity contribution in [2.75, 3.05) is 12.3 Å². The van der Waals surface area contributed by atoms with Crippen LogP contribution in [-0.4, -0.2) is 68.8 Å². The lowest BCUT2D eigenvalue weighted by Crippen LogP contribution is -2.32. The summed E-state index contributed by atoms with van der Waals surface area (Å²) in [6.07, 6.45) is 2.44. The van der Waals surface area contributed by atoms with Crippen molar-refractivity contribution < 1.29 is 34.8 Å². The predicted molar refractivity (Wildman–Crippen MR) is 115 cm³/mol. The van der Waals surface area contributed by atoms with E-state index in [1.807, 2.05) is 0 Å². The third-order valence-corrected chi connectivity index (χ3v) is 3.90. The number of nitrogens with two attached hydrogens (primary N) is 4. The predicted octanol–water partition coefficient (Wildman–Crippen LogP) is -0.798. The smallest absolute Gasteiger partial charge is 0.321 e. The summed E-state index contributed by atoms with van der Waals surface area (Å²) >= 11 is 3.65. The van der Waals surface area contributed by atoms with Crippen LogP contribution in [0.4, 0.5) is 0 Å². The normalized spacial score (nSPS) is 12.8. The lowest BCUT2D eigenvalue weighted by atomic mass is 10.1. The zero-order valence-electron chi connectivity index (χ0n) is 16.6. The zero-order chi connectivity index (χ0) is 23.7. The third kappa shape index (κ3) is 16.6. The number of thiol groups is 1. The minimum atomic E-state index is -1.02. The Hall–Kier alpha value is -2.38. The number of unbranched alkanes of at least 4 members (excludes halogenated alkanes) is 1. The van der Waals surface area contributed by atoms with Crippen LogP contribution >= 0.6 is 12.6 Å². The van der Waals surface area contributed by atoms with Gasteiger partial charge in [0.05, 0.1) is 0 Å². The van der Waals surface area contributed by atoms with Gasteiger partial charge >= 0.3 is 17.9 Å². The molecule has 0 fully saturated rings. The molecule has 0 spiro atoms. The highest BCUT2D eigenvalue weighted by molar-refractivity contribution is 7.80. The van der Waals surface area contributed by atoms with E-state index in [0.717, 1.165) is 18.4 Å². The van der Waals surface area contributed by atoms with Crippen molar-refractivity contribution in [1.29, 1.82) is 0 Å². The standard InChI is InChI=1S/C9H11NO3.C6H14N2O2.C3H7NO2S/c10-8(9(12)13)5-6-1-3-7(11)4-2-6;7-4-2-1-3-5(8)6(9)10;4-2(1-7)3(5)6/h1-4,8,11H,5,10H2,(H,12,13);5H,1-4,7-8H2,(H,9,10);2,7H,1,4H2,(H,5,6)/t8-;5-;2-/m000/s1. The van der Waals surface area contributed by atoms with Gasteiger partial charge < -0.3 is 43.4 Å². The van der Waals surface area contributed by atoms with Crippen LogP contribution in [-0.2, 0) is 20.8 Å². The number of carboxylic acid groups (broad SMARTS) is 3. The Balaban J connectivity index is 0. The maximum Gasteiger partial charge on any atom is 0.321 e. The van der Waals surface area contributed by atoms with Crippen LogP contribution in [0.15, 0.2) is 24.3 Å². The monoisotopic (exact) mass is 448 g/mol. The number of rotatable bonds is 10. The highest BCUT2D eigenvalue weighted by atomic mass is 32.1. The third-order valence-electron chi connectivity index (χ3n) is 3.51. The summed E-state index contributed by atoms with van der Waals surface area (Å²) in [5.74, 6) is -2.61. The van der Waals surface area contributed by atoms with Crippen LogP contribution < -0.4 is 22.9 Å². The average Bonchev–Trinajstić information content (AvgIpc) is 2.69. The number of benzene rings is 1. The summed E-state index contributed by atoms with van der Waals surface area (Å²) in [5.41, 5.74) is 21.5. The van der Waals surface area contributed by atoms with Crippen LogP contribution in [0.3, 0.4) is 0 Å². The molecule has 0 aliphatic rings. The summed E-state index contributed by atoms with van der Waals surface area (Å²) in [6, 6.07) is 3.89. The van der Waals surface area contributed by atoms with Crippen LogP contribution in [0, 0.1) is 0 Å². The molecule has 12 heteroatoms. The summed E-state index contributed by atoms with van der Waals surface area (Å²) in [4.78, 5) is 30.3. The molecule has 0 aliphatic carbocycles. The first-order valence-corrected chi connectivity index (χ1v) is 9.63. The van der Waals surface area contributed by atoms with Crippen molar-refractivity contribution in [3.8, 4) is 5.75 Å². The molecule has 1 aromatic rings. The van der Waals surface area contributed by atoms with Gasteiger partial charge in [0.2, 0.25) is 0 Å². The Kier molecular flexibility index (Phi) is 17.4. The largest absolute Gasteiger partial charge is 0.508 e. The molecule has 0 amide bonds. The van der Waals surface area contributed by atoms with Gasteiger partial charge in [0.1, 0.15) is 23.9 Å². The molecule has 0 heterocycles. The molecule has 3 atom stereocenters. The number of aliphatic carboxylic acids is 3. The van der Waals surface area contributed by atoms with E-state index in [1.165, 1.54) is 12.1 Å². The van der Waals surface area contributed by atoms with Crippen LogP contribution in [0.5, 0.6) is 5.75 Å². The van der Waals surface area contributed by atoms with E-state index in [4.69, 9.17) is 43.4 Å². The van der Waals surface area contributed by atoms with Crippen LogP contribution in [0.25, 0.3) is 0 Å². The summed E-state index contributed by atoms with van der Waals surface area (Å²) in [7, 11) is 0. The molecule has 0 aliphatic heterocycles. The highest BCUT2D eigenvalue weighted by Gasteiger charge is 2.11. The molecule has 0 saturated carbocycles. The summed E-state index contributed by atoms with van der Waals surface area (Å²) in [5, 5.41) is 33.8. The molecule has 0 aromatic heterocycles. The highest BCUT2D eigenvalue weighted by Crippen LogP contribution is 2.10. The Morgan fingerprint density at radius 2 is 1.30 bits per heavy atom. The van der Waals surface area contributed by atoms with E-state index in [2.05, 4.69) is 12.6 Å².